The monoisotopic (exact) mass is 708 g/mol. The first-order valence-corrected chi connectivity index (χ1v) is 17.1. The zero-order valence-electron chi connectivity index (χ0n) is 25.2. The fourth-order valence-corrected chi connectivity index (χ4v) is 5.87. The Bertz CT molecular complexity index is 2190. The van der Waals surface area contributed by atoms with Gasteiger partial charge in [-0.15, -0.1) is 0 Å². The van der Waals surface area contributed by atoms with Crippen molar-refractivity contribution in [2.75, 3.05) is 0 Å². The Hall–Kier alpha value is -5.31. The molecule has 0 radical (unpaired) electrons. The molecule has 0 unspecified atom stereocenters. The van der Waals surface area contributed by atoms with Crippen molar-refractivity contribution in [1.82, 2.24) is 9.13 Å². The normalized spacial score (nSPS) is 12.9. The third kappa shape index (κ3) is 7.56. The summed E-state index contributed by atoms with van der Waals surface area (Å²) in [4.78, 5) is 29.3. The van der Waals surface area contributed by atoms with Gasteiger partial charge in [0, 0.05) is 0 Å². The van der Waals surface area contributed by atoms with Gasteiger partial charge in [-0.25, -0.2) is 18.7 Å². The minimum absolute atomic E-state index is 0.201. The van der Waals surface area contributed by atoms with Crippen LogP contribution in [0.25, 0.3) is 33.9 Å². The van der Waals surface area contributed by atoms with Crippen LogP contribution in [0.1, 0.15) is 16.7 Å². The second kappa shape index (κ2) is 12.0. The summed E-state index contributed by atoms with van der Waals surface area (Å²) in [6.45, 7) is 0. The van der Waals surface area contributed by atoms with Crippen molar-refractivity contribution < 1.29 is 25.2 Å². The number of fused-ring (bicyclic) bond motifs is 2. The molecule has 0 saturated carbocycles. The number of hydrogen-bond acceptors (Lipinski definition) is 2. The minimum Gasteiger partial charge on any atom is -0.248 e. The zero-order valence-corrected chi connectivity index (χ0v) is 26.8. The molecule has 0 atom stereocenters. The first kappa shape index (κ1) is 33.6. The molecule has 4 nitrogen and oxygen atoms in total. The van der Waals surface area contributed by atoms with E-state index in [1.165, 1.54) is 0 Å². The number of aromatic nitrogens is 2. The van der Waals surface area contributed by atoms with Crippen molar-refractivity contribution in [2.24, 2.45) is 0 Å². The average Bonchev–Trinajstić information content (AvgIpc) is 3.23. The molecule has 3 aromatic rings. The molecule has 248 valence electrons. The van der Waals surface area contributed by atoms with Crippen LogP contribution in [-0.2, 0) is 0 Å². The second-order valence-corrected chi connectivity index (χ2v) is 13.3. The predicted octanol–water partition coefficient (Wildman–Crippen LogP) is 11.3. The molecule has 4 aliphatic rings. The minimum atomic E-state index is -10.7. The van der Waals surface area contributed by atoms with Gasteiger partial charge < -0.3 is 0 Å². The number of rotatable bonds is 5. The smallest absolute Gasteiger partial charge is 0.248 e. The third-order valence-corrected chi connectivity index (χ3v) is 7.80. The Balaban J connectivity index is 0.000000540. The Labute approximate surface area is 281 Å². The van der Waals surface area contributed by atoms with Crippen LogP contribution in [0.4, 0.5) is 25.2 Å². The van der Waals surface area contributed by atoms with Gasteiger partial charge in [0.15, 0.2) is 0 Å². The van der Waals surface area contributed by atoms with Crippen LogP contribution in [0.2, 0.25) is 5.02 Å². The van der Waals surface area contributed by atoms with E-state index in [2.05, 4.69) is 0 Å². The predicted molar refractivity (Wildman–Crippen MR) is 183 cm³/mol. The van der Waals surface area contributed by atoms with Crippen LogP contribution >= 0.6 is 19.4 Å². The summed E-state index contributed by atoms with van der Waals surface area (Å²) in [5.41, 5.74) is 5.75. The molecule has 0 fully saturated rings. The van der Waals surface area contributed by atoms with Crippen molar-refractivity contribution in [3.63, 3.8) is 0 Å². The summed E-state index contributed by atoms with van der Waals surface area (Å²) in [5.74, 6) is 0.568. The van der Waals surface area contributed by atoms with E-state index in [1.807, 2.05) is 133 Å². The average molecular weight is 709 g/mol. The molecule has 0 aromatic heterocycles. The van der Waals surface area contributed by atoms with E-state index in [9.17, 15) is 34.8 Å². The summed E-state index contributed by atoms with van der Waals surface area (Å²) in [7, 11) is -10.7. The Morgan fingerprint density at radius 3 is 1.16 bits per heavy atom. The second-order valence-electron chi connectivity index (χ2n) is 11.0. The maximum atomic E-state index is 14.6. The van der Waals surface area contributed by atoms with Crippen LogP contribution < -0.4 is 11.1 Å². The fraction of sp³-hybridized carbons (Fsp3) is 0. The molecule has 0 saturated heterocycles. The SMILES string of the molecule is F[P-](F)(F)(F)(F)F.O=c1c([C+](c2ccc(Cl)cc2)c2c3cccccc-3n(-c3ccccc3)c2=O)c2cccccc-2n1-c1ccccc1. The van der Waals surface area contributed by atoms with Gasteiger partial charge in [0.1, 0.15) is 11.1 Å². The van der Waals surface area contributed by atoms with Crippen LogP contribution in [0.3, 0.4) is 0 Å². The maximum absolute atomic E-state index is 14.6. The van der Waals surface area contributed by atoms with Crippen molar-refractivity contribution in [3.8, 4) is 33.9 Å². The molecule has 7 rings (SSSR count). The standard InChI is InChI=1S/C37H24ClN2O2.F6P/c38-26-23-21-25(22-24-26)33(34-29-17-9-3-11-19-31(29)39(36(34)41)27-13-5-1-6-14-27)35-30-18-10-4-12-20-32(30)40(37(35)42)28-15-7-2-8-16-28;1-7(2,3,4,5)6/h1-24H;/q+1;-1. The Morgan fingerprint density at radius 1 is 0.469 bits per heavy atom. The van der Waals surface area contributed by atoms with Crippen molar-refractivity contribution in [3.05, 3.63) is 194 Å². The Morgan fingerprint density at radius 2 is 0.796 bits per heavy atom. The van der Waals surface area contributed by atoms with Crippen LogP contribution in [0, 0.1) is 5.92 Å². The maximum Gasteiger partial charge on any atom is 0.312 e. The molecule has 0 amide bonds. The van der Waals surface area contributed by atoms with Crippen LogP contribution in [0.5, 0.6) is 0 Å². The van der Waals surface area contributed by atoms with Gasteiger partial charge in [-0.2, -0.15) is 0 Å². The first-order chi connectivity index (χ1) is 23.1. The summed E-state index contributed by atoms with van der Waals surface area (Å²) >= 11 is 6.32. The summed E-state index contributed by atoms with van der Waals surface area (Å²) < 4.78 is 62.6. The van der Waals surface area contributed by atoms with E-state index < -0.39 is 7.81 Å². The van der Waals surface area contributed by atoms with Gasteiger partial charge in [0.2, 0.25) is 0 Å². The van der Waals surface area contributed by atoms with Crippen molar-refractivity contribution in [2.45, 2.75) is 0 Å². The number of benzene rings is 3. The largest absolute Gasteiger partial charge is 0.312 e. The van der Waals surface area contributed by atoms with Gasteiger partial charge in [-0.1, -0.05) is 84.4 Å². The van der Waals surface area contributed by atoms with Crippen molar-refractivity contribution >= 4 is 19.4 Å². The molecule has 12 heteroatoms. The molecule has 2 aliphatic heterocycles. The summed E-state index contributed by atoms with van der Waals surface area (Å²) in [5, 5.41) is 0.569. The molecule has 2 aliphatic carbocycles. The molecule has 3 aromatic carbocycles. The van der Waals surface area contributed by atoms with E-state index >= 15 is 0 Å². The summed E-state index contributed by atoms with van der Waals surface area (Å²) in [6.07, 6.45) is 0. The van der Waals surface area contributed by atoms with E-state index in [-0.39, 0.29) is 11.1 Å². The molecular formula is C37H24ClF6N2O2P. The van der Waals surface area contributed by atoms with E-state index in [1.54, 1.807) is 21.3 Å². The quantitative estimate of drug-likeness (QED) is 0.101. The molecule has 2 heterocycles. The topological polar surface area (TPSA) is 44.0 Å². The van der Waals surface area contributed by atoms with E-state index in [0.29, 0.717) is 22.1 Å². The van der Waals surface area contributed by atoms with E-state index in [0.717, 1.165) is 39.5 Å². The molecule has 49 heavy (non-hydrogen) atoms. The van der Waals surface area contributed by atoms with Crippen molar-refractivity contribution in [1.29, 1.82) is 0 Å². The first-order valence-electron chi connectivity index (χ1n) is 14.7. The molecular weight excluding hydrogens is 685 g/mol. The third-order valence-electron chi connectivity index (χ3n) is 7.55. The van der Waals surface area contributed by atoms with Crippen LogP contribution in [0.15, 0.2) is 155 Å². The van der Waals surface area contributed by atoms with Gasteiger partial charge in [0.25, 0.3) is 0 Å². The fourth-order valence-electron chi connectivity index (χ4n) is 5.74. The van der Waals surface area contributed by atoms with Gasteiger partial charge in [-0.3, -0.25) is 0 Å². The van der Waals surface area contributed by atoms with E-state index in [4.69, 9.17) is 11.6 Å². The van der Waals surface area contributed by atoms with Gasteiger partial charge >= 0.3 is 44.1 Å². The summed E-state index contributed by atoms with van der Waals surface area (Å²) in [6, 6.07) is 45.8. The van der Waals surface area contributed by atoms with Gasteiger partial charge in [0.05, 0.1) is 50.4 Å². The molecule has 0 bridgehead atoms. The van der Waals surface area contributed by atoms with Crippen LogP contribution in [-0.4, -0.2) is 9.13 Å². The molecule has 0 spiro atoms. The number of nitrogens with zero attached hydrogens (tertiary/aromatic N) is 2. The zero-order chi connectivity index (χ0) is 35.0. The number of hydrogen-bond donors (Lipinski definition) is 0. The van der Waals surface area contributed by atoms with Gasteiger partial charge in [-0.05, 0) is 72.8 Å². The molecule has 0 N–H and O–H groups in total. The Kier molecular flexibility index (Phi) is 8.21. The number of para-hydroxylation sites is 2. The number of halogens is 7.